The molecule has 0 aliphatic carbocycles. The van der Waals surface area contributed by atoms with Gasteiger partial charge in [-0.3, -0.25) is 9.69 Å². The maximum Gasteiger partial charge on any atom is 0.317 e. The number of aryl methyl sites for hydroxylation is 1. The molecule has 3 rings (SSSR count). The fraction of sp³-hybridized carbons (Fsp3) is 0.571. The summed E-state index contributed by atoms with van der Waals surface area (Å²) in [5, 5.41) is 3.03. The summed E-state index contributed by atoms with van der Waals surface area (Å²) in [6.07, 6.45) is 0.931. The minimum absolute atomic E-state index is 0.0223. The third-order valence-corrected chi connectivity index (χ3v) is 5.63. The Morgan fingerprint density at radius 3 is 2.52 bits per heavy atom. The van der Waals surface area contributed by atoms with Gasteiger partial charge in [0.05, 0.1) is 17.6 Å². The summed E-state index contributed by atoms with van der Waals surface area (Å²) in [6, 6.07) is 5.90. The summed E-state index contributed by atoms with van der Waals surface area (Å²) >= 11 is 0. The van der Waals surface area contributed by atoms with E-state index in [9.17, 15) is 9.59 Å². The second-order valence-corrected chi connectivity index (χ2v) is 8.01. The molecule has 0 saturated carbocycles. The molecular weight excluding hydrogens is 368 g/mol. The first-order valence-electron chi connectivity index (χ1n) is 10.2. The van der Waals surface area contributed by atoms with Gasteiger partial charge in [0.1, 0.15) is 5.82 Å². The van der Waals surface area contributed by atoms with Gasteiger partial charge in [-0.25, -0.2) is 9.78 Å². The number of hydrogen-bond acceptors (Lipinski definition) is 4. The van der Waals surface area contributed by atoms with E-state index in [1.165, 1.54) is 0 Å². The summed E-state index contributed by atoms with van der Waals surface area (Å²) < 4.78 is 2.08. The van der Waals surface area contributed by atoms with Crippen LogP contribution in [0.5, 0.6) is 0 Å². The van der Waals surface area contributed by atoms with Crippen molar-refractivity contribution in [1.29, 1.82) is 0 Å². The number of amides is 3. The summed E-state index contributed by atoms with van der Waals surface area (Å²) in [5.41, 5.74) is 2.50. The van der Waals surface area contributed by atoms with Crippen molar-refractivity contribution in [1.82, 2.24) is 29.6 Å². The van der Waals surface area contributed by atoms with Gasteiger partial charge in [-0.2, -0.15) is 0 Å². The smallest absolute Gasteiger partial charge is 0.317 e. The maximum absolute atomic E-state index is 12.3. The van der Waals surface area contributed by atoms with Gasteiger partial charge in [0.15, 0.2) is 0 Å². The van der Waals surface area contributed by atoms with Crippen LogP contribution in [0.3, 0.4) is 0 Å². The van der Waals surface area contributed by atoms with Gasteiger partial charge in [-0.15, -0.1) is 0 Å². The van der Waals surface area contributed by atoms with E-state index in [2.05, 4.69) is 21.7 Å². The summed E-state index contributed by atoms with van der Waals surface area (Å²) in [4.78, 5) is 35.0. The fourth-order valence-electron chi connectivity index (χ4n) is 3.50. The highest BCUT2D eigenvalue weighted by Crippen LogP contribution is 2.19. The third kappa shape index (κ3) is 4.70. The van der Waals surface area contributed by atoms with Crippen LogP contribution in [0.1, 0.15) is 36.5 Å². The van der Waals surface area contributed by atoms with E-state index in [4.69, 9.17) is 4.98 Å². The number of nitrogens with one attached hydrogen (secondary N) is 1. The molecule has 8 heteroatoms. The Bertz CT molecular complexity index is 883. The molecule has 0 radical (unpaired) electrons. The quantitative estimate of drug-likeness (QED) is 0.832. The topological polar surface area (TPSA) is 73.7 Å². The number of hydrogen-bond donors (Lipinski definition) is 1. The Morgan fingerprint density at radius 2 is 1.90 bits per heavy atom. The largest absolute Gasteiger partial charge is 0.345 e. The van der Waals surface area contributed by atoms with Crippen molar-refractivity contribution in [3.8, 4) is 0 Å². The van der Waals surface area contributed by atoms with Crippen LogP contribution >= 0.6 is 0 Å². The van der Waals surface area contributed by atoms with Gasteiger partial charge in [-0.05, 0) is 31.5 Å². The lowest BCUT2D eigenvalue weighted by atomic mass is 10.2. The second-order valence-electron chi connectivity index (χ2n) is 8.01. The van der Waals surface area contributed by atoms with E-state index in [1.54, 1.807) is 19.0 Å². The number of nitrogens with zero attached hydrogens (tertiary/aromatic N) is 5. The van der Waals surface area contributed by atoms with Gasteiger partial charge >= 0.3 is 6.03 Å². The van der Waals surface area contributed by atoms with E-state index in [1.807, 2.05) is 37.1 Å². The Hall–Kier alpha value is -2.61. The number of piperazine rings is 1. The van der Waals surface area contributed by atoms with E-state index in [0.717, 1.165) is 42.9 Å². The van der Waals surface area contributed by atoms with Crippen molar-refractivity contribution in [2.24, 2.45) is 7.05 Å². The van der Waals surface area contributed by atoms with Crippen LogP contribution in [0.2, 0.25) is 0 Å². The number of carbonyl (C=O) groups is 2. The van der Waals surface area contributed by atoms with Gasteiger partial charge in [-0.1, -0.05) is 6.92 Å². The maximum atomic E-state index is 12.3. The summed E-state index contributed by atoms with van der Waals surface area (Å²) in [7, 11) is 5.51. The average Bonchev–Trinajstić information content (AvgIpc) is 3.02. The number of carbonyl (C=O) groups excluding carboxylic acids is 2. The molecule has 1 aromatic heterocycles. The van der Waals surface area contributed by atoms with Crippen LogP contribution in [0.15, 0.2) is 18.2 Å². The first kappa shape index (κ1) is 21.1. The highest BCUT2D eigenvalue weighted by atomic mass is 16.2. The minimum Gasteiger partial charge on any atom is -0.345 e. The first-order valence-corrected chi connectivity index (χ1v) is 10.2. The Balaban J connectivity index is 1.64. The minimum atomic E-state index is -0.0223. The van der Waals surface area contributed by atoms with Crippen LogP contribution in [0.4, 0.5) is 4.79 Å². The van der Waals surface area contributed by atoms with Crippen LogP contribution in [-0.4, -0.2) is 82.5 Å². The molecular formula is C21H32N6O2. The number of fused-ring (bicyclic) bond motifs is 1. The zero-order valence-electron chi connectivity index (χ0n) is 18.1. The average molecular weight is 401 g/mol. The van der Waals surface area contributed by atoms with E-state index < -0.39 is 0 Å². The Labute approximate surface area is 172 Å². The molecule has 3 amide bonds. The number of urea groups is 1. The van der Waals surface area contributed by atoms with Gasteiger partial charge in [0, 0.05) is 58.9 Å². The molecule has 2 heterocycles. The number of benzene rings is 1. The molecule has 1 atom stereocenters. The van der Waals surface area contributed by atoms with Crippen LogP contribution < -0.4 is 5.32 Å². The number of aromatic nitrogens is 2. The number of rotatable bonds is 5. The van der Waals surface area contributed by atoms with Crippen molar-refractivity contribution in [2.75, 3.05) is 40.3 Å². The lowest BCUT2D eigenvalue weighted by Gasteiger charge is -2.35. The van der Waals surface area contributed by atoms with Gasteiger partial charge in [0.2, 0.25) is 0 Å². The molecule has 1 fully saturated rings. The number of imidazole rings is 1. The molecule has 1 aromatic carbocycles. The third-order valence-electron chi connectivity index (χ3n) is 5.63. The highest BCUT2D eigenvalue weighted by Gasteiger charge is 2.23. The molecule has 158 valence electrons. The molecule has 0 bridgehead atoms. The monoisotopic (exact) mass is 400 g/mol. The molecule has 1 unspecified atom stereocenters. The molecule has 8 nitrogen and oxygen atoms in total. The van der Waals surface area contributed by atoms with Gasteiger partial charge in [0.25, 0.3) is 5.91 Å². The lowest BCUT2D eigenvalue weighted by Crippen LogP contribution is -2.52. The van der Waals surface area contributed by atoms with Crippen molar-refractivity contribution >= 4 is 23.0 Å². The fourth-order valence-corrected chi connectivity index (χ4v) is 3.50. The highest BCUT2D eigenvalue weighted by molar-refractivity contribution is 5.97. The van der Waals surface area contributed by atoms with Crippen molar-refractivity contribution in [3.63, 3.8) is 0 Å². The SMILES string of the molecule is CCC(C)NC(=O)N1CCN(Cc2nc3cc(C(=O)N(C)C)ccc3n2C)CC1. The van der Waals surface area contributed by atoms with Crippen molar-refractivity contribution in [2.45, 2.75) is 32.9 Å². The first-order chi connectivity index (χ1) is 13.8. The van der Waals surface area contributed by atoms with Crippen molar-refractivity contribution < 1.29 is 9.59 Å². The normalized spacial score (nSPS) is 16.1. The Kier molecular flexibility index (Phi) is 6.42. The summed E-state index contributed by atoms with van der Waals surface area (Å²) in [6.45, 7) is 7.89. The molecule has 1 aliphatic rings. The van der Waals surface area contributed by atoms with Crippen LogP contribution in [0, 0.1) is 0 Å². The Morgan fingerprint density at radius 1 is 1.21 bits per heavy atom. The van der Waals surface area contributed by atoms with E-state index in [-0.39, 0.29) is 18.0 Å². The van der Waals surface area contributed by atoms with Crippen LogP contribution in [-0.2, 0) is 13.6 Å². The standard InChI is InChI=1S/C21H32N6O2/c1-6-15(2)22-21(29)27-11-9-26(10-12-27)14-19-23-17-13-16(20(28)24(3)4)7-8-18(17)25(19)5/h7-8,13,15H,6,9-12,14H2,1-5H3,(H,22,29). The van der Waals surface area contributed by atoms with E-state index in [0.29, 0.717) is 18.7 Å². The lowest BCUT2D eigenvalue weighted by molar-refractivity contribution is 0.0827. The van der Waals surface area contributed by atoms with Crippen molar-refractivity contribution in [3.05, 3.63) is 29.6 Å². The molecule has 2 aromatic rings. The predicted molar refractivity (Wildman–Crippen MR) is 114 cm³/mol. The van der Waals surface area contributed by atoms with E-state index >= 15 is 0 Å². The molecule has 1 saturated heterocycles. The van der Waals surface area contributed by atoms with Gasteiger partial charge < -0.3 is 19.7 Å². The zero-order chi connectivity index (χ0) is 21.1. The molecule has 29 heavy (non-hydrogen) atoms. The predicted octanol–water partition coefficient (Wildman–Crippen LogP) is 1.90. The summed E-state index contributed by atoms with van der Waals surface area (Å²) in [5.74, 6) is 0.942. The molecule has 1 N–H and O–H groups in total. The second kappa shape index (κ2) is 8.82. The zero-order valence-corrected chi connectivity index (χ0v) is 18.1. The molecule has 0 spiro atoms. The molecule has 1 aliphatic heterocycles. The van der Waals surface area contributed by atoms with Crippen LogP contribution in [0.25, 0.3) is 11.0 Å².